The molecule has 2 aromatic rings. The molecule has 0 bridgehead atoms. The monoisotopic (exact) mass is 345 g/mol. The summed E-state index contributed by atoms with van der Waals surface area (Å²) in [4.78, 5) is 24.2. The Balaban J connectivity index is 1.84. The van der Waals surface area contributed by atoms with Crippen molar-refractivity contribution in [2.45, 2.75) is 39.2 Å². The number of hydrogen-bond donors (Lipinski definition) is 2. The first kappa shape index (κ1) is 18.5. The highest BCUT2D eigenvalue weighted by atomic mass is 16.5. The highest BCUT2D eigenvalue weighted by Gasteiger charge is 2.19. The van der Waals surface area contributed by atoms with E-state index in [0.717, 1.165) is 11.3 Å². The smallest absolute Gasteiger partial charge is 0.247 e. The van der Waals surface area contributed by atoms with Gasteiger partial charge in [-0.2, -0.15) is 0 Å². The van der Waals surface area contributed by atoms with Gasteiger partial charge in [0.1, 0.15) is 17.6 Å². The van der Waals surface area contributed by atoms with Crippen LogP contribution in [0.25, 0.3) is 0 Å². The first-order chi connectivity index (χ1) is 11.9. The van der Waals surface area contributed by atoms with Crippen LogP contribution >= 0.6 is 0 Å². The summed E-state index contributed by atoms with van der Waals surface area (Å²) in [6, 6.07) is 8.52. The molecule has 2 atom stereocenters. The van der Waals surface area contributed by atoms with Gasteiger partial charge in [-0.3, -0.25) is 9.59 Å². The van der Waals surface area contributed by atoms with E-state index < -0.39 is 6.04 Å². The molecular weight excluding hydrogens is 322 g/mol. The number of carbonyl (C=O) groups is 2. The van der Waals surface area contributed by atoms with Gasteiger partial charge in [-0.15, -0.1) is 0 Å². The Morgan fingerprint density at radius 2 is 1.92 bits per heavy atom. The number of benzene rings is 1. The average molecular weight is 345 g/mol. The Morgan fingerprint density at radius 1 is 1.24 bits per heavy atom. The van der Waals surface area contributed by atoms with Gasteiger partial charge in [0.2, 0.25) is 11.8 Å². The lowest BCUT2D eigenvalue weighted by molar-refractivity contribution is -0.126. The fraction of sp³-hybridized carbons (Fsp3) is 0.389. The molecule has 134 valence electrons. The number of hydrogen-bond acceptors (Lipinski definition) is 5. The fourth-order valence-electron chi connectivity index (χ4n) is 2.35. The summed E-state index contributed by atoms with van der Waals surface area (Å²) in [5.41, 5.74) is 1.03. The molecule has 2 N–H and O–H groups in total. The third kappa shape index (κ3) is 5.34. The average Bonchev–Trinajstić information content (AvgIpc) is 2.99. The topological polar surface area (TPSA) is 93.5 Å². The molecule has 2 rings (SSSR count). The molecule has 0 aliphatic carbocycles. The summed E-state index contributed by atoms with van der Waals surface area (Å²) in [6.07, 6.45) is 0.285. The molecule has 7 nitrogen and oxygen atoms in total. The Labute approximate surface area is 146 Å². The minimum absolute atomic E-state index is 0.0272. The standard InChI is InChI=1S/C18H23N3O4/c1-11(14-5-7-15(24-4)8-6-14)9-17(22)19-13(3)18(23)20-16-10-12(2)25-21-16/h5-8,10-11,13H,9H2,1-4H3,(H,19,22)(H,20,21,23)/t11?,13-/m0/s1. The van der Waals surface area contributed by atoms with Gasteiger partial charge in [0.15, 0.2) is 5.82 Å². The van der Waals surface area contributed by atoms with Crippen molar-refractivity contribution in [3.8, 4) is 5.75 Å². The first-order valence-electron chi connectivity index (χ1n) is 8.06. The molecule has 2 amide bonds. The third-order valence-electron chi connectivity index (χ3n) is 3.83. The first-order valence-corrected chi connectivity index (χ1v) is 8.06. The van der Waals surface area contributed by atoms with Crippen LogP contribution < -0.4 is 15.4 Å². The third-order valence-corrected chi connectivity index (χ3v) is 3.83. The number of nitrogens with one attached hydrogen (secondary N) is 2. The van der Waals surface area contributed by atoms with E-state index in [1.807, 2.05) is 31.2 Å². The van der Waals surface area contributed by atoms with Gasteiger partial charge in [0.05, 0.1) is 7.11 Å². The fourth-order valence-corrected chi connectivity index (χ4v) is 2.35. The molecule has 25 heavy (non-hydrogen) atoms. The molecule has 0 saturated carbocycles. The van der Waals surface area contributed by atoms with Gasteiger partial charge in [-0.1, -0.05) is 24.2 Å². The van der Waals surface area contributed by atoms with Crippen molar-refractivity contribution in [1.29, 1.82) is 0 Å². The van der Waals surface area contributed by atoms with Crippen molar-refractivity contribution < 1.29 is 18.8 Å². The molecule has 0 radical (unpaired) electrons. The second kappa shape index (κ2) is 8.32. The molecule has 1 aromatic carbocycles. The number of amides is 2. The molecule has 1 heterocycles. The zero-order chi connectivity index (χ0) is 18.4. The molecular formula is C18H23N3O4. The largest absolute Gasteiger partial charge is 0.497 e. The summed E-state index contributed by atoms with van der Waals surface area (Å²) in [6.45, 7) is 5.32. The van der Waals surface area contributed by atoms with E-state index in [1.165, 1.54) is 0 Å². The number of rotatable bonds is 7. The van der Waals surface area contributed by atoms with E-state index >= 15 is 0 Å². The number of aromatic nitrogens is 1. The molecule has 1 unspecified atom stereocenters. The van der Waals surface area contributed by atoms with Crippen molar-refractivity contribution in [2.24, 2.45) is 0 Å². The molecule has 0 aliphatic heterocycles. The predicted molar refractivity (Wildman–Crippen MR) is 93.5 cm³/mol. The van der Waals surface area contributed by atoms with Crippen LogP contribution in [-0.2, 0) is 9.59 Å². The Bertz CT molecular complexity index is 724. The quantitative estimate of drug-likeness (QED) is 0.804. The van der Waals surface area contributed by atoms with Gasteiger partial charge in [-0.05, 0) is 37.5 Å². The Hall–Kier alpha value is -2.83. The lowest BCUT2D eigenvalue weighted by atomic mass is 9.97. The normalized spacial score (nSPS) is 13.0. The molecule has 0 saturated heterocycles. The second-order valence-electron chi connectivity index (χ2n) is 5.98. The maximum atomic E-state index is 12.2. The van der Waals surface area contributed by atoms with Gasteiger partial charge in [-0.25, -0.2) is 0 Å². The highest BCUT2D eigenvalue weighted by Crippen LogP contribution is 2.21. The highest BCUT2D eigenvalue weighted by molar-refractivity contribution is 5.96. The maximum Gasteiger partial charge on any atom is 0.247 e. The number of ether oxygens (including phenoxy) is 1. The Kier molecular flexibility index (Phi) is 6.16. The van der Waals surface area contributed by atoms with Gasteiger partial charge >= 0.3 is 0 Å². The number of carbonyl (C=O) groups excluding carboxylic acids is 2. The minimum Gasteiger partial charge on any atom is -0.497 e. The molecule has 7 heteroatoms. The van der Waals surface area contributed by atoms with Crippen LogP contribution in [0.2, 0.25) is 0 Å². The van der Waals surface area contributed by atoms with Crippen LogP contribution in [0.3, 0.4) is 0 Å². The summed E-state index contributed by atoms with van der Waals surface area (Å²) in [5, 5.41) is 8.98. The van der Waals surface area contributed by atoms with E-state index in [-0.39, 0.29) is 24.2 Å². The Morgan fingerprint density at radius 3 is 2.48 bits per heavy atom. The van der Waals surface area contributed by atoms with Crippen LogP contribution in [-0.4, -0.2) is 30.1 Å². The van der Waals surface area contributed by atoms with Crippen molar-refractivity contribution in [3.63, 3.8) is 0 Å². The van der Waals surface area contributed by atoms with Crippen LogP contribution in [0.1, 0.15) is 37.5 Å². The van der Waals surface area contributed by atoms with Crippen LogP contribution in [0.5, 0.6) is 5.75 Å². The van der Waals surface area contributed by atoms with Crippen molar-refractivity contribution in [2.75, 3.05) is 12.4 Å². The number of nitrogens with zero attached hydrogens (tertiary/aromatic N) is 1. The minimum atomic E-state index is -0.674. The molecule has 0 fully saturated rings. The lowest BCUT2D eigenvalue weighted by Crippen LogP contribution is -2.41. The number of aryl methyl sites for hydroxylation is 1. The van der Waals surface area contributed by atoms with Gasteiger partial charge in [0.25, 0.3) is 0 Å². The number of methoxy groups -OCH3 is 1. The van der Waals surface area contributed by atoms with E-state index in [0.29, 0.717) is 11.6 Å². The SMILES string of the molecule is COc1ccc(C(C)CC(=O)N[C@@H](C)C(=O)Nc2cc(C)on2)cc1. The molecule has 0 spiro atoms. The van der Waals surface area contributed by atoms with E-state index in [2.05, 4.69) is 15.8 Å². The van der Waals surface area contributed by atoms with E-state index in [9.17, 15) is 9.59 Å². The summed E-state index contributed by atoms with van der Waals surface area (Å²) in [7, 11) is 1.61. The van der Waals surface area contributed by atoms with Crippen molar-refractivity contribution >= 4 is 17.6 Å². The maximum absolute atomic E-state index is 12.2. The summed E-state index contributed by atoms with van der Waals surface area (Å²) in [5.74, 6) is 1.18. The summed E-state index contributed by atoms with van der Waals surface area (Å²) < 4.78 is 10.0. The lowest BCUT2D eigenvalue weighted by Gasteiger charge is -2.16. The van der Waals surface area contributed by atoms with Crippen LogP contribution in [0.4, 0.5) is 5.82 Å². The second-order valence-corrected chi connectivity index (χ2v) is 5.98. The van der Waals surface area contributed by atoms with Crippen molar-refractivity contribution in [3.05, 3.63) is 41.7 Å². The van der Waals surface area contributed by atoms with E-state index in [1.54, 1.807) is 27.0 Å². The van der Waals surface area contributed by atoms with Crippen LogP contribution in [0, 0.1) is 6.92 Å². The molecule has 0 aliphatic rings. The predicted octanol–water partition coefficient (Wildman–Crippen LogP) is 2.63. The molecule has 1 aromatic heterocycles. The zero-order valence-electron chi connectivity index (χ0n) is 14.8. The van der Waals surface area contributed by atoms with Crippen molar-refractivity contribution in [1.82, 2.24) is 10.5 Å². The van der Waals surface area contributed by atoms with E-state index in [4.69, 9.17) is 9.26 Å². The zero-order valence-corrected chi connectivity index (χ0v) is 14.8. The van der Waals surface area contributed by atoms with Crippen LogP contribution in [0.15, 0.2) is 34.9 Å². The van der Waals surface area contributed by atoms with Gasteiger partial charge in [0, 0.05) is 12.5 Å². The number of anilines is 1. The summed E-state index contributed by atoms with van der Waals surface area (Å²) >= 11 is 0. The van der Waals surface area contributed by atoms with Gasteiger partial charge < -0.3 is 19.9 Å².